The summed E-state index contributed by atoms with van der Waals surface area (Å²) in [5, 5.41) is 6.14. The molecule has 0 bridgehead atoms. The van der Waals surface area contributed by atoms with E-state index in [9.17, 15) is 0 Å². The zero-order chi connectivity index (χ0) is 13.2. The largest absolute Gasteiger partial charge is 0.365 e. The van der Waals surface area contributed by atoms with E-state index >= 15 is 0 Å². The lowest BCUT2D eigenvalue weighted by Crippen LogP contribution is -2.55. The molecule has 0 saturated carbocycles. The van der Waals surface area contributed by atoms with E-state index in [4.69, 9.17) is 0 Å². The molecule has 3 nitrogen and oxygen atoms in total. The van der Waals surface area contributed by atoms with Crippen molar-refractivity contribution in [1.82, 2.24) is 10.3 Å². The number of nitrogens with zero attached hydrogens (tertiary/aromatic N) is 2. The van der Waals surface area contributed by atoms with Crippen LogP contribution in [-0.2, 0) is 0 Å². The number of hydrogen-bond acceptors (Lipinski definition) is 3. The van der Waals surface area contributed by atoms with Gasteiger partial charge in [0.1, 0.15) is 0 Å². The van der Waals surface area contributed by atoms with Gasteiger partial charge in [0.05, 0.1) is 0 Å². The molecule has 2 heterocycles. The van der Waals surface area contributed by atoms with Gasteiger partial charge < -0.3 is 10.2 Å². The van der Waals surface area contributed by atoms with Crippen LogP contribution in [0.1, 0.15) is 20.3 Å². The number of piperazine rings is 1. The molecule has 0 amide bonds. The number of anilines is 1. The summed E-state index contributed by atoms with van der Waals surface area (Å²) in [5.41, 5.74) is 1.32. The van der Waals surface area contributed by atoms with Gasteiger partial charge in [0.25, 0.3) is 0 Å². The molecule has 1 aliphatic rings. The number of aromatic nitrogens is 1. The molecule has 3 heteroatoms. The molecular weight excluding hydrogens is 234 g/mol. The molecule has 0 radical (unpaired) electrons. The molecule has 1 aromatic carbocycles. The summed E-state index contributed by atoms with van der Waals surface area (Å²) in [7, 11) is 0. The van der Waals surface area contributed by atoms with Crippen molar-refractivity contribution in [3.05, 3.63) is 36.7 Å². The number of benzene rings is 1. The summed E-state index contributed by atoms with van der Waals surface area (Å²) in [6, 6.07) is 9.72. The first-order valence-corrected chi connectivity index (χ1v) is 7.12. The number of fused-ring (bicyclic) bond motifs is 1. The topological polar surface area (TPSA) is 28.2 Å². The maximum Gasteiger partial charge on any atom is 0.0464 e. The summed E-state index contributed by atoms with van der Waals surface area (Å²) in [5.74, 6) is 0. The van der Waals surface area contributed by atoms with E-state index in [2.05, 4.69) is 53.3 Å². The van der Waals surface area contributed by atoms with Gasteiger partial charge >= 0.3 is 0 Å². The molecule has 1 saturated heterocycles. The first-order valence-electron chi connectivity index (χ1n) is 7.12. The third-order valence-electron chi connectivity index (χ3n) is 4.11. The van der Waals surface area contributed by atoms with Crippen molar-refractivity contribution in [1.29, 1.82) is 0 Å². The fraction of sp³-hybridized carbons (Fsp3) is 0.438. The zero-order valence-corrected chi connectivity index (χ0v) is 11.6. The highest BCUT2D eigenvalue weighted by molar-refractivity contribution is 5.93. The van der Waals surface area contributed by atoms with Crippen molar-refractivity contribution < 1.29 is 0 Å². The Balaban J connectivity index is 2.02. The summed E-state index contributed by atoms with van der Waals surface area (Å²) in [4.78, 5) is 6.81. The predicted octanol–water partition coefficient (Wildman–Crippen LogP) is 2.81. The van der Waals surface area contributed by atoms with E-state index < -0.39 is 0 Å². The molecule has 0 spiro atoms. The smallest absolute Gasteiger partial charge is 0.0464 e. The zero-order valence-electron chi connectivity index (χ0n) is 11.6. The minimum absolute atomic E-state index is 0.522. The predicted molar refractivity (Wildman–Crippen MR) is 80.6 cm³/mol. The molecule has 2 atom stereocenters. The summed E-state index contributed by atoms with van der Waals surface area (Å²) < 4.78 is 0. The molecule has 1 fully saturated rings. The van der Waals surface area contributed by atoms with Crippen LogP contribution in [0, 0.1) is 0 Å². The second-order valence-electron chi connectivity index (χ2n) is 5.39. The van der Waals surface area contributed by atoms with E-state index in [0.29, 0.717) is 12.1 Å². The van der Waals surface area contributed by atoms with E-state index in [1.807, 2.05) is 12.4 Å². The molecule has 100 valence electrons. The third-order valence-corrected chi connectivity index (χ3v) is 4.11. The van der Waals surface area contributed by atoms with Crippen LogP contribution in [0.5, 0.6) is 0 Å². The van der Waals surface area contributed by atoms with Crippen molar-refractivity contribution in [2.75, 3.05) is 18.0 Å². The average molecular weight is 255 g/mol. The van der Waals surface area contributed by atoms with Crippen LogP contribution < -0.4 is 10.2 Å². The van der Waals surface area contributed by atoms with Crippen LogP contribution in [-0.4, -0.2) is 30.2 Å². The number of nitrogens with one attached hydrogen (secondary N) is 1. The van der Waals surface area contributed by atoms with Crippen LogP contribution in [0.15, 0.2) is 36.7 Å². The molecule has 1 aliphatic heterocycles. The second-order valence-corrected chi connectivity index (χ2v) is 5.39. The maximum atomic E-state index is 4.29. The number of pyridine rings is 1. The second kappa shape index (κ2) is 5.17. The molecular formula is C16H21N3. The first-order chi connectivity index (χ1) is 9.29. The van der Waals surface area contributed by atoms with Crippen LogP contribution in [0.3, 0.4) is 0 Å². The van der Waals surface area contributed by atoms with Crippen LogP contribution in [0.4, 0.5) is 5.69 Å². The van der Waals surface area contributed by atoms with E-state index in [1.54, 1.807) is 0 Å². The quantitative estimate of drug-likeness (QED) is 0.894. The van der Waals surface area contributed by atoms with Crippen molar-refractivity contribution >= 4 is 16.5 Å². The summed E-state index contributed by atoms with van der Waals surface area (Å²) >= 11 is 0. The fourth-order valence-corrected chi connectivity index (χ4v) is 2.89. The summed E-state index contributed by atoms with van der Waals surface area (Å²) in [6.07, 6.45) is 5.02. The highest BCUT2D eigenvalue weighted by Crippen LogP contribution is 2.28. The van der Waals surface area contributed by atoms with Gasteiger partial charge in [-0.05, 0) is 30.9 Å². The number of rotatable bonds is 2. The van der Waals surface area contributed by atoms with Gasteiger partial charge in [-0.3, -0.25) is 4.98 Å². The monoisotopic (exact) mass is 255 g/mol. The Bertz CT molecular complexity index is 561. The van der Waals surface area contributed by atoms with Gasteiger partial charge in [-0.2, -0.15) is 0 Å². The Morgan fingerprint density at radius 1 is 1.37 bits per heavy atom. The highest BCUT2D eigenvalue weighted by atomic mass is 15.2. The lowest BCUT2D eigenvalue weighted by molar-refractivity contribution is 0.398. The van der Waals surface area contributed by atoms with E-state index in [0.717, 1.165) is 13.1 Å². The van der Waals surface area contributed by atoms with Gasteiger partial charge in [0.2, 0.25) is 0 Å². The average Bonchev–Trinajstić information content (AvgIpc) is 2.47. The maximum absolute atomic E-state index is 4.29. The molecule has 0 aliphatic carbocycles. The standard InChI is InChI=1S/C16H21N3/c1-3-14-11-19(12(2)9-18-14)16-6-4-5-13-7-8-17-10-15(13)16/h4-8,10,12,14,18H,3,9,11H2,1-2H3. The Morgan fingerprint density at radius 3 is 3.11 bits per heavy atom. The Kier molecular flexibility index (Phi) is 3.38. The minimum Gasteiger partial charge on any atom is -0.365 e. The van der Waals surface area contributed by atoms with Crippen molar-refractivity contribution in [2.45, 2.75) is 32.4 Å². The van der Waals surface area contributed by atoms with Gasteiger partial charge in [-0.15, -0.1) is 0 Å². The molecule has 3 rings (SSSR count). The fourth-order valence-electron chi connectivity index (χ4n) is 2.89. The number of hydrogen-bond donors (Lipinski definition) is 1. The highest BCUT2D eigenvalue weighted by Gasteiger charge is 2.24. The minimum atomic E-state index is 0.522. The molecule has 19 heavy (non-hydrogen) atoms. The van der Waals surface area contributed by atoms with Gasteiger partial charge in [0, 0.05) is 48.6 Å². The molecule has 1 N–H and O–H groups in total. The van der Waals surface area contributed by atoms with Crippen molar-refractivity contribution in [3.63, 3.8) is 0 Å². The SMILES string of the molecule is CCC1CN(c2cccc3ccncc23)C(C)CN1. The van der Waals surface area contributed by atoms with Gasteiger partial charge in [-0.1, -0.05) is 19.1 Å². The molecule has 1 aromatic heterocycles. The Labute approximate surface area is 114 Å². The lowest BCUT2D eigenvalue weighted by Gasteiger charge is -2.40. The Hall–Kier alpha value is -1.61. The van der Waals surface area contributed by atoms with Crippen LogP contribution in [0.25, 0.3) is 10.8 Å². The molecule has 2 unspecified atom stereocenters. The third kappa shape index (κ3) is 2.30. The van der Waals surface area contributed by atoms with E-state index in [1.165, 1.54) is 22.9 Å². The van der Waals surface area contributed by atoms with Gasteiger partial charge in [-0.25, -0.2) is 0 Å². The van der Waals surface area contributed by atoms with Crippen molar-refractivity contribution in [3.8, 4) is 0 Å². The normalized spacial score (nSPS) is 23.8. The van der Waals surface area contributed by atoms with Gasteiger partial charge in [0.15, 0.2) is 0 Å². The molecule has 2 aromatic rings. The van der Waals surface area contributed by atoms with E-state index in [-0.39, 0.29) is 0 Å². The first kappa shape index (κ1) is 12.4. The van der Waals surface area contributed by atoms with Crippen LogP contribution in [0.2, 0.25) is 0 Å². The Morgan fingerprint density at radius 2 is 2.26 bits per heavy atom. The van der Waals surface area contributed by atoms with Crippen molar-refractivity contribution in [2.24, 2.45) is 0 Å². The lowest BCUT2D eigenvalue weighted by atomic mass is 10.0. The van der Waals surface area contributed by atoms with Crippen LogP contribution >= 0.6 is 0 Å². The summed E-state index contributed by atoms with van der Waals surface area (Å²) in [6.45, 7) is 6.66.